The summed E-state index contributed by atoms with van der Waals surface area (Å²) < 4.78 is 22.4. The Kier molecular flexibility index (Phi) is 5.64. The van der Waals surface area contributed by atoms with Gasteiger partial charge in [0, 0.05) is 31.9 Å². The first-order valence-corrected chi connectivity index (χ1v) is 9.81. The lowest BCUT2D eigenvalue weighted by atomic mass is 10.0. The van der Waals surface area contributed by atoms with Crippen LogP contribution in [-0.4, -0.2) is 62.0 Å². The molecule has 23 heavy (non-hydrogen) atoms. The molecule has 1 aliphatic rings. The van der Waals surface area contributed by atoms with Gasteiger partial charge in [-0.05, 0) is 31.9 Å². The Bertz CT molecular complexity index is 665. The van der Waals surface area contributed by atoms with Gasteiger partial charge in [0.15, 0.2) is 0 Å². The number of nitrogens with zero attached hydrogens (tertiary/aromatic N) is 1. The van der Waals surface area contributed by atoms with Crippen molar-refractivity contribution in [2.24, 2.45) is 0 Å². The maximum atomic E-state index is 12.3. The van der Waals surface area contributed by atoms with Gasteiger partial charge in [-0.2, -0.15) is 0 Å². The Morgan fingerprint density at radius 2 is 2.00 bits per heavy atom. The number of likely N-dealkylation sites (tertiary alicyclic amines) is 1. The summed E-state index contributed by atoms with van der Waals surface area (Å²) in [6, 6.07) is 5.01. The van der Waals surface area contributed by atoms with Crippen molar-refractivity contribution in [3.63, 3.8) is 0 Å². The summed E-state index contributed by atoms with van der Waals surface area (Å²) in [7, 11) is -2.94. The van der Waals surface area contributed by atoms with Crippen molar-refractivity contribution in [3.05, 3.63) is 29.3 Å². The molecule has 6 nitrogen and oxygen atoms in total. The van der Waals surface area contributed by atoms with Crippen LogP contribution in [0.5, 0.6) is 5.75 Å². The number of amides is 1. The van der Waals surface area contributed by atoms with E-state index in [1.165, 1.54) is 12.3 Å². The maximum Gasteiger partial charge on any atom is 0.255 e. The Hall–Kier alpha value is -1.60. The highest BCUT2D eigenvalue weighted by molar-refractivity contribution is 7.90. The molecule has 0 saturated carbocycles. The zero-order valence-corrected chi connectivity index (χ0v) is 14.4. The van der Waals surface area contributed by atoms with Crippen molar-refractivity contribution in [2.45, 2.75) is 25.8 Å². The van der Waals surface area contributed by atoms with Crippen molar-refractivity contribution in [1.29, 1.82) is 0 Å². The summed E-state index contributed by atoms with van der Waals surface area (Å²) >= 11 is 0. The molecular weight excluding hydrogens is 316 g/mol. The van der Waals surface area contributed by atoms with Crippen LogP contribution in [0.25, 0.3) is 0 Å². The summed E-state index contributed by atoms with van der Waals surface area (Å²) in [4.78, 5) is 14.4. The molecule has 1 aromatic carbocycles. The summed E-state index contributed by atoms with van der Waals surface area (Å²) in [5.74, 6) is -0.110. The molecule has 1 aliphatic heterocycles. The zero-order valence-electron chi connectivity index (χ0n) is 13.6. The van der Waals surface area contributed by atoms with E-state index in [2.05, 4.69) is 10.2 Å². The third-order valence-corrected chi connectivity index (χ3v) is 5.02. The lowest BCUT2D eigenvalue weighted by Gasteiger charge is -2.32. The zero-order chi connectivity index (χ0) is 17.0. The van der Waals surface area contributed by atoms with Gasteiger partial charge in [0.05, 0.1) is 11.3 Å². The first kappa shape index (κ1) is 17.7. The number of nitrogens with one attached hydrogen (secondary N) is 1. The number of rotatable bonds is 5. The van der Waals surface area contributed by atoms with Crippen molar-refractivity contribution in [2.75, 3.05) is 31.6 Å². The minimum atomic E-state index is -2.94. The maximum absolute atomic E-state index is 12.3. The minimum absolute atomic E-state index is 0.0151. The molecular formula is C16H24N2O4S. The van der Waals surface area contributed by atoms with Crippen LogP contribution in [0, 0.1) is 6.92 Å². The minimum Gasteiger partial charge on any atom is -0.507 e. The third-order valence-electron chi connectivity index (χ3n) is 4.10. The van der Waals surface area contributed by atoms with Gasteiger partial charge in [-0.1, -0.05) is 11.6 Å². The van der Waals surface area contributed by atoms with E-state index in [0.717, 1.165) is 31.5 Å². The number of hydrogen-bond acceptors (Lipinski definition) is 5. The monoisotopic (exact) mass is 340 g/mol. The summed E-state index contributed by atoms with van der Waals surface area (Å²) in [6.45, 7) is 3.94. The number of carbonyl (C=O) groups is 1. The standard InChI is InChI=1S/C16H24N2O4S/c1-12-3-4-15(19)14(11-12)16(20)17-13-5-7-18(8-6-13)9-10-23(2,21)22/h3-4,11,13,19H,5-10H2,1-2H3,(H,17,20). The van der Waals surface area contributed by atoms with Crippen molar-refractivity contribution in [1.82, 2.24) is 10.2 Å². The second-order valence-corrected chi connectivity index (χ2v) is 8.50. The number of hydrogen-bond donors (Lipinski definition) is 2. The van der Waals surface area contributed by atoms with Crippen molar-refractivity contribution in [3.8, 4) is 5.75 Å². The van der Waals surface area contributed by atoms with Gasteiger partial charge >= 0.3 is 0 Å². The number of aryl methyl sites for hydroxylation is 1. The van der Waals surface area contributed by atoms with Gasteiger partial charge in [0.25, 0.3) is 5.91 Å². The second-order valence-electron chi connectivity index (χ2n) is 6.24. The fraction of sp³-hybridized carbons (Fsp3) is 0.562. The fourth-order valence-corrected chi connectivity index (χ4v) is 3.28. The van der Waals surface area contributed by atoms with Crippen LogP contribution < -0.4 is 5.32 Å². The van der Waals surface area contributed by atoms with Crippen LogP contribution in [0.2, 0.25) is 0 Å². The normalized spacial score (nSPS) is 17.1. The van der Waals surface area contributed by atoms with E-state index >= 15 is 0 Å². The number of carbonyl (C=O) groups excluding carboxylic acids is 1. The molecule has 0 radical (unpaired) electrons. The average molecular weight is 340 g/mol. The third kappa shape index (κ3) is 5.51. The number of aromatic hydroxyl groups is 1. The molecule has 1 heterocycles. The van der Waals surface area contributed by atoms with Gasteiger partial charge in [0.1, 0.15) is 15.6 Å². The predicted octanol–water partition coefficient (Wildman–Crippen LogP) is 0.939. The van der Waals surface area contributed by atoms with Crippen LogP contribution in [-0.2, 0) is 9.84 Å². The smallest absolute Gasteiger partial charge is 0.255 e. The molecule has 0 aromatic heterocycles. The largest absolute Gasteiger partial charge is 0.507 e. The fourth-order valence-electron chi connectivity index (χ4n) is 2.69. The number of benzene rings is 1. The van der Waals surface area contributed by atoms with E-state index in [1.807, 2.05) is 6.92 Å². The molecule has 0 spiro atoms. The molecule has 0 bridgehead atoms. The quantitative estimate of drug-likeness (QED) is 0.833. The van der Waals surface area contributed by atoms with Gasteiger partial charge in [-0.3, -0.25) is 4.79 Å². The molecule has 0 unspecified atom stereocenters. The Balaban J connectivity index is 1.84. The lowest BCUT2D eigenvalue weighted by molar-refractivity contribution is 0.0910. The lowest BCUT2D eigenvalue weighted by Crippen LogP contribution is -2.45. The first-order valence-electron chi connectivity index (χ1n) is 7.75. The Labute approximate surface area is 137 Å². The van der Waals surface area contributed by atoms with Crippen LogP contribution >= 0.6 is 0 Å². The molecule has 2 N–H and O–H groups in total. The molecule has 0 atom stereocenters. The topological polar surface area (TPSA) is 86.7 Å². The van der Waals surface area contributed by atoms with E-state index in [4.69, 9.17) is 0 Å². The van der Waals surface area contributed by atoms with E-state index in [-0.39, 0.29) is 23.5 Å². The van der Waals surface area contributed by atoms with Gasteiger partial charge in [-0.25, -0.2) is 8.42 Å². The molecule has 7 heteroatoms. The van der Waals surface area contributed by atoms with Crippen LogP contribution in [0.4, 0.5) is 0 Å². The second kappa shape index (κ2) is 7.31. The van der Waals surface area contributed by atoms with E-state index < -0.39 is 9.84 Å². The number of phenols is 1. The summed E-state index contributed by atoms with van der Waals surface area (Å²) in [5.41, 5.74) is 1.22. The summed E-state index contributed by atoms with van der Waals surface area (Å²) in [6.07, 6.45) is 2.80. The number of phenolic OH excluding ortho intramolecular Hbond substituents is 1. The molecule has 1 aromatic rings. The van der Waals surface area contributed by atoms with Crippen LogP contribution in [0.15, 0.2) is 18.2 Å². The van der Waals surface area contributed by atoms with Crippen molar-refractivity contribution >= 4 is 15.7 Å². The molecule has 2 rings (SSSR count). The number of sulfone groups is 1. The number of piperidine rings is 1. The Morgan fingerprint density at radius 1 is 1.35 bits per heavy atom. The van der Waals surface area contributed by atoms with Crippen molar-refractivity contribution < 1.29 is 18.3 Å². The molecule has 1 fully saturated rings. The molecule has 1 amide bonds. The van der Waals surface area contributed by atoms with E-state index in [1.54, 1.807) is 12.1 Å². The first-order chi connectivity index (χ1) is 10.7. The highest BCUT2D eigenvalue weighted by atomic mass is 32.2. The molecule has 0 aliphatic carbocycles. The predicted molar refractivity (Wildman–Crippen MR) is 89.5 cm³/mol. The Morgan fingerprint density at radius 3 is 2.61 bits per heavy atom. The average Bonchev–Trinajstić information content (AvgIpc) is 2.48. The van der Waals surface area contributed by atoms with E-state index in [9.17, 15) is 18.3 Å². The molecule has 128 valence electrons. The highest BCUT2D eigenvalue weighted by Gasteiger charge is 2.22. The summed E-state index contributed by atoms with van der Waals surface area (Å²) in [5, 5.41) is 12.7. The van der Waals surface area contributed by atoms with Crippen LogP contribution in [0.3, 0.4) is 0 Å². The van der Waals surface area contributed by atoms with Gasteiger partial charge in [0.2, 0.25) is 0 Å². The SMILES string of the molecule is Cc1ccc(O)c(C(=O)NC2CCN(CCS(C)(=O)=O)CC2)c1. The van der Waals surface area contributed by atoms with Crippen LogP contribution in [0.1, 0.15) is 28.8 Å². The molecule has 1 saturated heterocycles. The van der Waals surface area contributed by atoms with Gasteiger partial charge < -0.3 is 15.3 Å². The van der Waals surface area contributed by atoms with E-state index in [0.29, 0.717) is 12.1 Å². The highest BCUT2D eigenvalue weighted by Crippen LogP contribution is 2.19. The van der Waals surface area contributed by atoms with Gasteiger partial charge in [-0.15, -0.1) is 0 Å².